The number of nitrogens with one attached hydrogen (secondary N) is 1. The number of carbonyl (C=O) groups is 3. The summed E-state index contributed by atoms with van der Waals surface area (Å²) in [6.07, 6.45) is 3.49. The van der Waals surface area contributed by atoms with Gasteiger partial charge in [-0.05, 0) is 18.6 Å². The molecule has 4 N–H and O–H groups in total. The topological polar surface area (TPSA) is 160 Å². The van der Waals surface area contributed by atoms with E-state index in [0.717, 1.165) is 21.9 Å². The second-order valence-electron chi connectivity index (χ2n) is 6.87. The van der Waals surface area contributed by atoms with Crippen molar-refractivity contribution in [2.24, 2.45) is 5.16 Å². The highest BCUT2D eigenvalue weighted by Crippen LogP contribution is 2.41. The standard InChI is InChI=1S/C19H18N6O5S3/c1-8-11(33-7-21-8)4-3-9-5-31-17-13(16(27)25(17)14(9)18(28)29)23-15(26)12(24-30-2)10-6-32-19(20)22-10/h3-4,6-7,13,17H,5H2,1-2H3,(H2,20,22)(H,23,26)(H,28,29)/b4-3-,24-12-/t13?,17-/m1/s1. The molecule has 1 saturated heterocycles. The first-order chi connectivity index (χ1) is 15.8. The molecule has 4 heterocycles. The van der Waals surface area contributed by atoms with Crippen molar-refractivity contribution in [2.45, 2.75) is 18.3 Å². The zero-order chi connectivity index (χ0) is 23.7. The molecule has 2 aromatic heterocycles. The van der Waals surface area contributed by atoms with E-state index < -0.39 is 29.2 Å². The number of thioether (sulfide) groups is 1. The van der Waals surface area contributed by atoms with E-state index in [1.807, 2.05) is 6.92 Å². The van der Waals surface area contributed by atoms with Crippen molar-refractivity contribution in [1.29, 1.82) is 0 Å². The van der Waals surface area contributed by atoms with E-state index in [0.29, 0.717) is 11.3 Å². The number of hydrogen-bond acceptors (Lipinski definition) is 11. The third kappa shape index (κ3) is 4.36. The Morgan fingerprint density at radius 1 is 1.39 bits per heavy atom. The van der Waals surface area contributed by atoms with Gasteiger partial charge in [-0.3, -0.25) is 14.5 Å². The number of carboxylic acids is 1. The Morgan fingerprint density at radius 3 is 2.79 bits per heavy atom. The maximum atomic E-state index is 12.9. The van der Waals surface area contributed by atoms with E-state index in [4.69, 9.17) is 10.6 Å². The number of nitrogens with two attached hydrogens (primary N) is 1. The Balaban J connectivity index is 1.54. The summed E-state index contributed by atoms with van der Waals surface area (Å²) in [4.78, 5) is 52.7. The molecule has 2 aliphatic heterocycles. The number of amides is 2. The molecule has 14 heteroatoms. The van der Waals surface area contributed by atoms with Gasteiger partial charge in [-0.2, -0.15) is 0 Å². The molecule has 2 atom stereocenters. The number of oxime groups is 1. The molecule has 0 radical (unpaired) electrons. The third-order valence-electron chi connectivity index (χ3n) is 4.87. The summed E-state index contributed by atoms with van der Waals surface area (Å²) in [5, 5.41) is 17.4. The summed E-state index contributed by atoms with van der Waals surface area (Å²) >= 11 is 3.94. The van der Waals surface area contributed by atoms with Crippen LogP contribution in [0.2, 0.25) is 0 Å². The van der Waals surface area contributed by atoms with Crippen molar-refractivity contribution in [3.63, 3.8) is 0 Å². The minimum Gasteiger partial charge on any atom is -0.477 e. The first-order valence-electron chi connectivity index (χ1n) is 9.44. The van der Waals surface area contributed by atoms with Crippen LogP contribution in [-0.2, 0) is 19.2 Å². The van der Waals surface area contributed by atoms with Crippen LogP contribution in [0, 0.1) is 6.92 Å². The number of anilines is 1. The average molecular weight is 507 g/mol. The normalized spacial score (nSPS) is 20.6. The van der Waals surface area contributed by atoms with Crippen LogP contribution < -0.4 is 11.1 Å². The van der Waals surface area contributed by atoms with E-state index >= 15 is 0 Å². The molecular weight excluding hydrogens is 488 g/mol. The van der Waals surface area contributed by atoms with Crippen molar-refractivity contribution < 1.29 is 24.3 Å². The number of nitrogen functional groups attached to an aromatic ring is 1. The van der Waals surface area contributed by atoms with Crippen molar-refractivity contribution in [1.82, 2.24) is 20.2 Å². The van der Waals surface area contributed by atoms with E-state index in [2.05, 4.69) is 20.4 Å². The lowest BCUT2D eigenvalue weighted by Crippen LogP contribution is -2.71. The molecule has 2 amide bonds. The molecule has 172 valence electrons. The number of carboxylic acid groups (broad SMARTS) is 1. The van der Waals surface area contributed by atoms with Gasteiger partial charge in [0.2, 0.25) is 0 Å². The van der Waals surface area contributed by atoms with Gasteiger partial charge in [-0.1, -0.05) is 11.2 Å². The lowest BCUT2D eigenvalue weighted by Gasteiger charge is -2.49. The van der Waals surface area contributed by atoms with Gasteiger partial charge in [0.1, 0.15) is 29.9 Å². The SMILES string of the molecule is CO/N=C(\C(=O)NC1C(=O)N2C(C(=O)O)=C(/C=C\c3scnc3C)CS[C@H]12)c1csc(N)n1. The van der Waals surface area contributed by atoms with Gasteiger partial charge in [0.15, 0.2) is 10.8 Å². The van der Waals surface area contributed by atoms with Gasteiger partial charge >= 0.3 is 5.97 Å². The second kappa shape index (κ2) is 9.33. The Hall–Kier alpha value is -3.23. The molecule has 33 heavy (non-hydrogen) atoms. The zero-order valence-electron chi connectivity index (χ0n) is 17.3. The van der Waals surface area contributed by atoms with E-state index in [-0.39, 0.29) is 22.2 Å². The highest BCUT2D eigenvalue weighted by Gasteiger charge is 2.54. The summed E-state index contributed by atoms with van der Waals surface area (Å²) in [5.41, 5.74) is 8.68. The Morgan fingerprint density at radius 2 is 2.18 bits per heavy atom. The number of fused-ring (bicyclic) bond motifs is 1. The number of thiazole rings is 2. The van der Waals surface area contributed by atoms with Crippen molar-refractivity contribution in [3.8, 4) is 0 Å². The van der Waals surface area contributed by atoms with Crippen LogP contribution in [0.3, 0.4) is 0 Å². The summed E-state index contributed by atoms with van der Waals surface area (Å²) in [6.45, 7) is 1.86. The van der Waals surface area contributed by atoms with Crippen molar-refractivity contribution in [2.75, 3.05) is 18.6 Å². The molecule has 0 aliphatic carbocycles. The fourth-order valence-electron chi connectivity index (χ4n) is 3.32. The fourth-order valence-corrected chi connectivity index (χ4v) is 5.88. The predicted octanol–water partition coefficient (Wildman–Crippen LogP) is 1.29. The second-order valence-corrected chi connectivity index (χ2v) is 9.75. The molecule has 0 saturated carbocycles. The lowest BCUT2D eigenvalue weighted by atomic mass is 10.0. The molecule has 2 aromatic rings. The van der Waals surface area contributed by atoms with E-state index in [1.165, 1.54) is 35.1 Å². The first kappa shape index (κ1) is 22.9. The smallest absolute Gasteiger partial charge is 0.352 e. The highest BCUT2D eigenvalue weighted by atomic mass is 32.2. The zero-order valence-corrected chi connectivity index (χ0v) is 19.8. The van der Waals surface area contributed by atoms with Crippen LogP contribution in [0.1, 0.15) is 16.3 Å². The number of rotatable bonds is 7. The van der Waals surface area contributed by atoms with Gasteiger partial charge in [-0.25, -0.2) is 14.8 Å². The summed E-state index contributed by atoms with van der Waals surface area (Å²) in [6, 6.07) is -0.913. The van der Waals surface area contributed by atoms with Gasteiger partial charge in [0.25, 0.3) is 11.8 Å². The monoisotopic (exact) mass is 506 g/mol. The molecule has 0 spiro atoms. The molecule has 11 nitrogen and oxygen atoms in total. The maximum Gasteiger partial charge on any atom is 0.352 e. The number of carbonyl (C=O) groups excluding carboxylic acids is 2. The van der Waals surface area contributed by atoms with Gasteiger partial charge in [0.05, 0.1) is 11.2 Å². The quantitative estimate of drug-likeness (QED) is 0.286. The molecule has 1 unspecified atom stereocenters. The van der Waals surface area contributed by atoms with Crippen LogP contribution in [0.4, 0.5) is 5.13 Å². The first-order valence-corrected chi connectivity index (χ1v) is 12.2. The highest BCUT2D eigenvalue weighted by molar-refractivity contribution is 8.00. The number of aryl methyl sites for hydroxylation is 1. The molecule has 4 rings (SSSR count). The third-order valence-corrected chi connectivity index (χ3v) is 7.74. The fraction of sp³-hybridized carbons (Fsp3) is 0.263. The number of hydrogen-bond donors (Lipinski definition) is 3. The van der Waals surface area contributed by atoms with Gasteiger partial charge < -0.3 is 21.0 Å². The molecule has 0 aromatic carbocycles. The van der Waals surface area contributed by atoms with Gasteiger partial charge in [0, 0.05) is 16.0 Å². The number of aliphatic carboxylic acids is 1. The predicted molar refractivity (Wildman–Crippen MR) is 126 cm³/mol. The van der Waals surface area contributed by atoms with E-state index in [9.17, 15) is 19.5 Å². The van der Waals surface area contributed by atoms with E-state index in [1.54, 1.807) is 23.0 Å². The Bertz CT molecular complexity index is 1220. The lowest BCUT2D eigenvalue weighted by molar-refractivity contribution is -0.150. The Kier molecular flexibility index (Phi) is 6.49. The number of β-lactam (4-membered cyclic amide) rings is 1. The van der Waals surface area contributed by atoms with Crippen LogP contribution in [0.15, 0.2) is 33.4 Å². The molecule has 2 aliphatic rings. The minimum absolute atomic E-state index is 0.0919. The molecule has 1 fully saturated rings. The average Bonchev–Trinajstić information content (AvgIpc) is 3.40. The van der Waals surface area contributed by atoms with Gasteiger partial charge in [-0.15, -0.1) is 34.4 Å². The molecule has 0 bridgehead atoms. The van der Waals surface area contributed by atoms with Crippen LogP contribution in [0.5, 0.6) is 0 Å². The summed E-state index contributed by atoms with van der Waals surface area (Å²) < 4.78 is 0. The summed E-state index contributed by atoms with van der Waals surface area (Å²) in [7, 11) is 1.28. The number of nitrogens with zero attached hydrogens (tertiary/aromatic N) is 4. The largest absolute Gasteiger partial charge is 0.477 e. The maximum absolute atomic E-state index is 12.9. The van der Waals surface area contributed by atoms with Crippen LogP contribution in [0.25, 0.3) is 6.08 Å². The molecular formula is C19H18N6O5S3. The summed E-state index contributed by atoms with van der Waals surface area (Å²) in [5.74, 6) is -2.04. The van der Waals surface area contributed by atoms with Crippen molar-refractivity contribution in [3.05, 3.63) is 44.5 Å². The van der Waals surface area contributed by atoms with Crippen molar-refractivity contribution >= 4 is 69.1 Å². The Labute approximate surface area is 200 Å². The van der Waals surface area contributed by atoms with Crippen LogP contribution in [-0.4, -0.2) is 67.7 Å². The number of allylic oxidation sites excluding steroid dienone is 1. The minimum atomic E-state index is -1.21. The number of aromatic nitrogens is 2. The van der Waals surface area contributed by atoms with Crippen LogP contribution >= 0.6 is 34.4 Å².